The van der Waals surface area contributed by atoms with Gasteiger partial charge in [-0.15, -0.1) is 0 Å². The van der Waals surface area contributed by atoms with Gasteiger partial charge in [0.05, 0.1) is 13.7 Å². The number of hydrogen-bond acceptors (Lipinski definition) is 5. The molecule has 5 nitrogen and oxygen atoms in total. The van der Waals surface area contributed by atoms with Crippen LogP contribution in [0.2, 0.25) is 0 Å². The van der Waals surface area contributed by atoms with Gasteiger partial charge < -0.3 is 14.2 Å². The maximum Gasteiger partial charge on any atom is 0.513 e. The second-order valence-electron chi connectivity index (χ2n) is 4.91. The Bertz CT molecular complexity index is 513. The number of aryl methyl sites for hydroxylation is 1. The first-order chi connectivity index (χ1) is 10.2. The molecular formula is C16H21NO4. The summed E-state index contributed by atoms with van der Waals surface area (Å²) in [5, 5.41) is 0. The van der Waals surface area contributed by atoms with Crippen molar-refractivity contribution in [3.8, 4) is 5.75 Å². The van der Waals surface area contributed by atoms with E-state index in [1.807, 2.05) is 37.3 Å². The monoisotopic (exact) mass is 291 g/mol. The van der Waals surface area contributed by atoms with Crippen LogP contribution in [-0.2, 0) is 9.47 Å². The van der Waals surface area contributed by atoms with Crippen LogP contribution in [0.5, 0.6) is 5.75 Å². The second-order valence-corrected chi connectivity index (χ2v) is 4.91. The van der Waals surface area contributed by atoms with Gasteiger partial charge in [-0.05, 0) is 31.1 Å². The van der Waals surface area contributed by atoms with Crippen LogP contribution in [0.4, 0.5) is 4.79 Å². The predicted molar refractivity (Wildman–Crippen MR) is 79.3 cm³/mol. The number of rotatable bonds is 5. The summed E-state index contributed by atoms with van der Waals surface area (Å²) in [5.74, 6) is 1.56. The van der Waals surface area contributed by atoms with Gasteiger partial charge in [0.2, 0.25) is 0 Å². The molecule has 0 N–H and O–H groups in total. The van der Waals surface area contributed by atoms with E-state index in [1.165, 1.54) is 7.11 Å². The Morgan fingerprint density at radius 1 is 1.33 bits per heavy atom. The Hall–Kier alpha value is -2.01. The summed E-state index contributed by atoms with van der Waals surface area (Å²) in [4.78, 5) is 13.3. The minimum absolute atomic E-state index is 0.603. The molecule has 0 aliphatic carbocycles. The molecule has 1 aromatic rings. The molecule has 1 aliphatic heterocycles. The second kappa shape index (κ2) is 7.69. The molecule has 0 amide bonds. The van der Waals surface area contributed by atoms with Gasteiger partial charge in [0.15, 0.2) is 0 Å². The number of para-hydroxylation sites is 1. The molecule has 0 unspecified atom stereocenters. The van der Waals surface area contributed by atoms with Crippen molar-refractivity contribution in [3.63, 3.8) is 0 Å². The van der Waals surface area contributed by atoms with Crippen molar-refractivity contribution in [3.05, 3.63) is 41.7 Å². The number of nitrogens with zero attached hydrogens (tertiary/aromatic N) is 1. The number of hydrogen-bond donors (Lipinski definition) is 0. The Labute approximate surface area is 125 Å². The molecule has 0 radical (unpaired) electrons. The molecule has 1 aliphatic rings. The summed E-state index contributed by atoms with van der Waals surface area (Å²) in [6, 6.07) is 7.96. The highest BCUT2D eigenvalue weighted by Crippen LogP contribution is 2.16. The van der Waals surface area contributed by atoms with Crippen molar-refractivity contribution in [2.45, 2.75) is 13.3 Å². The number of ether oxygens (including phenoxy) is 3. The van der Waals surface area contributed by atoms with Crippen LogP contribution in [0.3, 0.4) is 0 Å². The van der Waals surface area contributed by atoms with Crippen molar-refractivity contribution < 1.29 is 19.0 Å². The maximum absolute atomic E-state index is 11.1. The van der Waals surface area contributed by atoms with Gasteiger partial charge in [-0.1, -0.05) is 18.2 Å². The van der Waals surface area contributed by atoms with E-state index in [-0.39, 0.29) is 0 Å². The van der Waals surface area contributed by atoms with E-state index in [9.17, 15) is 4.79 Å². The fourth-order valence-corrected chi connectivity index (χ4v) is 2.19. The number of methoxy groups -OCH3 is 1. The van der Waals surface area contributed by atoms with Gasteiger partial charge in [0, 0.05) is 13.1 Å². The first-order valence-corrected chi connectivity index (χ1v) is 7.04. The first-order valence-electron chi connectivity index (χ1n) is 7.04. The van der Waals surface area contributed by atoms with Crippen LogP contribution in [0.15, 0.2) is 36.1 Å². The van der Waals surface area contributed by atoms with Crippen LogP contribution < -0.4 is 4.74 Å². The summed E-state index contributed by atoms with van der Waals surface area (Å²) in [5.41, 5.74) is 1.13. The summed E-state index contributed by atoms with van der Waals surface area (Å²) < 4.78 is 15.4. The third-order valence-corrected chi connectivity index (χ3v) is 3.34. The zero-order valence-corrected chi connectivity index (χ0v) is 12.5. The molecule has 21 heavy (non-hydrogen) atoms. The lowest BCUT2D eigenvalue weighted by Gasteiger charge is -2.26. The fraction of sp³-hybridized carbons (Fsp3) is 0.438. The Morgan fingerprint density at radius 2 is 2.14 bits per heavy atom. The van der Waals surface area contributed by atoms with Crippen LogP contribution in [0.25, 0.3) is 0 Å². The number of carbonyl (C=O) groups excluding carboxylic acids is 1. The normalized spacial score (nSPS) is 15.2. The summed E-state index contributed by atoms with van der Waals surface area (Å²) in [6.07, 6.45) is 2.12. The lowest BCUT2D eigenvalue weighted by molar-refractivity contribution is 0.0858. The van der Waals surface area contributed by atoms with Crippen molar-refractivity contribution in [1.82, 2.24) is 4.90 Å². The molecule has 5 heteroatoms. The number of benzene rings is 1. The SMILES string of the molecule is COC(=O)OC1=CCCN(CCOc2ccccc2C)C1. The van der Waals surface area contributed by atoms with Gasteiger partial charge in [-0.3, -0.25) is 4.90 Å². The molecule has 0 aromatic heterocycles. The van der Waals surface area contributed by atoms with Crippen LogP contribution in [0.1, 0.15) is 12.0 Å². The van der Waals surface area contributed by atoms with E-state index in [4.69, 9.17) is 9.47 Å². The van der Waals surface area contributed by atoms with E-state index in [0.29, 0.717) is 18.9 Å². The summed E-state index contributed by atoms with van der Waals surface area (Å²) in [7, 11) is 1.31. The molecule has 2 rings (SSSR count). The lowest BCUT2D eigenvalue weighted by atomic mass is 10.2. The Morgan fingerprint density at radius 3 is 2.90 bits per heavy atom. The van der Waals surface area contributed by atoms with Gasteiger partial charge in [0.1, 0.15) is 18.1 Å². The van der Waals surface area contributed by atoms with Gasteiger partial charge >= 0.3 is 6.16 Å². The highest BCUT2D eigenvalue weighted by molar-refractivity contribution is 5.61. The van der Waals surface area contributed by atoms with E-state index < -0.39 is 6.16 Å². The van der Waals surface area contributed by atoms with Crippen molar-refractivity contribution in [1.29, 1.82) is 0 Å². The highest BCUT2D eigenvalue weighted by atomic mass is 16.7. The molecule has 0 saturated carbocycles. The minimum Gasteiger partial charge on any atom is -0.492 e. The minimum atomic E-state index is -0.667. The zero-order valence-electron chi connectivity index (χ0n) is 12.5. The molecule has 0 spiro atoms. The Balaban J connectivity index is 1.76. The molecule has 1 heterocycles. The molecule has 0 bridgehead atoms. The molecule has 0 saturated heterocycles. The van der Waals surface area contributed by atoms with E-state index in [1.54, 1.807) is 0 Å². The van der Waals surface area contributed by atoms with Crippen molar-refractivity contribution in [2.24, 2.45) is 0 Å². The first kappa shape index (κ1) is 15.4. The molecular weight excluding hydrogens is 270 g/mol. The smallest absolute Gasteiger partial charge is 0.492 e. The van der Waals surface area contributed by atoms with Gasteiger partial charge in [-0.2, -0.15) is 0 Å². The summed E-state index contributed by atoms with van der Waals surface area (Å²) >= 11 is 0. The predicted octanol–water partition coefficient (Wildman–Crippen LogP) is 2.75. The van der Waals surface area contributed by atoms with E-state index in [2.05, 4.69) is 9.64 Å². The fourth-order valence-electron chi connectivity index (χ4n) is 2.19. The average Bonchev–Trinajstić information content (AvgIpc) is 2.49. The molecule has 0 fully saturated rings. The van der Waals surface area contributed by atoms with E-state index >= 15 is 0 Å². The average molecular weight is 291 g/mol. The topological polar surface area (TPSA) is 48.0 Å². The maximum atomic E-state index is 11.1. The quantitative estimate of drug-likeness (QED) is 0.781. The summed E-state index contributed by atoms with van der Waals surface area (Å²) in [6.45, 7) is 4.96. The Kier molecular flexibility index (Phi) is 5.63. The molecule has 114 valence electrons. The van der Waals surface area contributed by atoms with Crippen LogP contribution in [-0.4, -0.2) is 44.4 Å². The van der Waals surface area contributed by atoms with Gasteiger partial charge in [0.25, 0.3) is 0 Å². The third-order valence-electron chi connectivity index (χ3n) is 3.34. The molecule has 1 aromatic carbocycles. The standard InChI is InChI=1S/C16H21NO4/c1-13-6-3-4-8-15(13)20-11-10-17-9-5-7-14(12-17)21-16(18)19-2/h3-4,6-8H,5,9-12H2,1-2H3. The number of carbonyl (C=O) groups is 1. The van der Waals surface area contributed by atoms with Crippen molar-refractivity contribution >= 4 is 6.16 Å². The molecule has 0 atom stereocenters. The lowest BCUT2D eigenvalue weighted by Crippen LogP contribution is -2.34. The van der Waals surface area contributed by atoms with Crippen LogP contribution in [0, 0.1) is 6.92 Å². The van der Waals surface area contributed by atoms with Crippen LogP contribution >= 0.6 is 0 Å². The van der Waals surface area contributed by atoms with Crippen molar-refractivity contribution in [2.75, 3.05) is 33.4 Å². The third kappa shape index (κ3) is 4.79. The van der Waals surface area contributed by atoms with E-state index in [0.717, 1.165) is 30.8 Å². The zero-order chi connectivity index (χ0) is 15.1. The van der Waals surface area contributed by atoms with Gasteiger partial charge in [-0.25, -0.2) is 4.79 Å². The largest absolute Gasteiger partial charge is 0.513 e. The highest BCUT2D eigenvalue weighted by Gasteiger charge is 2.16.